The van der Waals surface area contributed by atoms with Crippen LogP contribution in [0.5, 0.6) is 0 Å². The second kappa shape index (κ2) is 6.60. The van der Waals surface area contributed by atoms with Gasteiger partial charge in [0.25, 0.3) is 5.91 Å². The molecule has 0 radical (unpaired) electrons. The van der Waals surface area contributed by atoms with E-state index < -0.39 is 9.84 Å². The molecule has 0 fully saturated rings. The normalized spacial score (nSPS) is 11.3. The van der Waals surface area contributed by atoms with E-state index in [4.69, 9.17) is 11.6 Å². The molecule has 1 amide bonds. The second-order valence-electron chi connectivity index (χ2n) is 4.51. The van der Waals surface area contributed by atoms with E-state index >= 15 is 0 Å². The van der Waals surface area contributed by atoms with Crippen molar-refractivity contribution in [3.8, 4) is 0 Å². The molecule has 7 heteroatoms. The van der Waals surface area contributed by atoms with E-state index in [-0.39, 0.29) is 10.8 Å². The van der Waals surface area contributed by atoms with Crippen molar-refractivity contribution in [3.63, 3.8) is 0 Å². The molecule has 0 aliphatic rings. The molecule has 0 aliphatic carbocycles. The molecule has 112 valence electrons. The molecule has 0 aliphatic heterocycles. The van der Waals surface area contributed by atoms with Crippen LogP contribution >= 0.6 is 22.9 Å². The van der Waals surface area contributed by atoms with Gasteiger partial charge >= 0.3 is 0 Å². The smallest absolute Gasteiger partial charge is 0.251 e. The highest BCUT2D eigenvalue weighted by molar-refractivity contribution is 7.90. The summed E-state index contributed by atoms with van der Waals surface area (Å²) >= 11 is 7.32. The molecule has 0 bridgehead atoms. The van der Waals surface area contributed by atoms with Gasteiger partial charge < -0.3 is 5.32 Å². The topological polar surface area (TPSA) is 63.2 Å². The average molecular weight is 344 g/mol. The maximum Gasteiger partial charge on any atom is 0.251 e. The third-order valence-corrected chi connectivity index (χ3v) is 5.25. The maximum atomic E-state index is 11.9. The van der Waals surface area contributed by atoms with Crippen molar-refractivity contribution in [2.24, 2.45) is 0 Å². The third kappa shape index (κ3) is 4.56. The number of halogens is 1. The predicted molar refractivity (Wildman–Crippen MR) is 84.9 cm³/mol. The SMILES string of the molecule is CS(=O)(=O)c1ccc(C(=O)NCCc2ccc(Cl)s2)cc1. The van der Waals surface area contributed by atoms with Gasteiger partial charge in [-0.25, -0.2) is 8.42 Å². The number of benzene rings is 1. The molecule has 2 rings (SSSR count). The van der Waals surface area contributed by atoms with E-state index in [2.05, 4.69) is 5.32 Å². The molecule has 1 N–H and O–H groups in total. The fourth-order valence-corrected chi connectivity index (χ4v) is 3.46. The monoisotopic (exact) mass is 343 g/mol. The first-order valence-corrected chi connectivity index (χ1v) is 9.27. The van der Waals surface area contributed by atoms with Gasteiger partial charge in [-0.1, -0.05) is 11.6 Å². The Morgan fingerprint density at radius 2 is 1.86 bits per heavy atom. The van der Waals surface area contributed by atoms with E-state index in [9.17, 15) is 13.2 Å². The van der Waals surface area contributed by atoms with Crippen LogP contribution < -0.4 is 5.32 Å². The van der Waals surface area contributed by atoms with Crippen LogP contribution in [0.15, 0.2) is 41.3 Å². The van der Waals surface area contributed by atoms with E-state index in [1.807, 2.05) is 12.1 Å². The van der Waals surface area contributed by atoms with Gasteiger partial charge in [0.15, 0.2) is 9.84 Å². The Balaban J connectivity index is 1.91. The zero-order valence-corrected chi connectivity index (χ0v) is 13.7. The largest absolute Gasteiger partial charge is 0.352 e. The minimum Gasteiger partial charge on any atom is -0.352 e. The number of thiophene rings is 1. The van der Waals surface area contributed by atoms with Gasteiger partial charge in [0.2, 0.25) is 0 Å². The Kier molecular flexibility index (Phi) is 5.03. The molecule has 0 saturated carbocycles. The highest BCUT2D eigenvalue weighted by Gasteiger charge is 2.09. The number of amides is 1. The highest BCUT2D eigenvalue weighted by Crippen LogP contribution is 2.21. The first-order valence-electron chi connectivity index (χ1n) is 6.19. The van der Waals surface area contributed by atoms with Crippen LogP contribution in [0.4, 0.5) is 0 Å². The molecule has 0 unspecified atom stereocenters. The standard InChI is InChI=1S/C14H14ClNO3S2/c1-21(18,19)12-5-2-10(3-6-12)14(17)16-9-8-11-4-7-13(15)20-11/h2-7H,8-9H2,1H3,(H,16,17). The Morgan fingerprint density at radius 1 is 1.19 bits per heavy atom. The number of hydrogen-bond donors (Lipinski definition) is 1. The van der Waals surface area contributed by atoms with Crippen LogP contribution in [0.2, 0.25) is 4.34 Å². The third-order valence-electron chi connectivity index (χ3n) is 2.83. The minimum atomic E-state index is -3.24. The number of nitrogens with one attached hydrogen (secondary N) is 1. The first-order chi connectivity index (χ1) is 9.86. The summed E-state index contributed by atoms with van der Waals surface area (Å²) in [5.74, 6) is -0.224. The number of carbonyl (C=O) groups excluding carboxylic acids is 1. The van der Waals surface area contributed by atoms with Gasteiger partial charge in [0.05, 0.1) is 9.23 Å². The summed E-state index contributed by atoms with van der Waals surface area (Å²) in [6.07, 6.45) is 1.85. The van der Waals surface area contributed by atoms with E-state index in [0.717, 1.165) is 15.5 Å². The molecule has 0 atom stereocenters. The zero-order chi connectivity index (χ0) is 15.5. The number of rotatable bonds is 5. The van der Waals surface area contributed by atoms with Gasteiger partial charge in [0.1, 0.15) is 0 Å². The summed E-state index contributed by atoms with van der Waals surface area (Å²) in [6.45, 7) is 0.503. The van der Waals surface area contributed by atoms with Crippen molar-refractivity contribution in [3.05, 3.63) is 51.2 Å². The van der Waals surface area contributed by atoms with Crippen molar-refractivity contribution in [1.82, 2.24) is 5.32 Å². The summed E-state index contributed by atoms with van der Waals surface area (Å²) in [5.41, 5.74) is 0.437. The lowest BCUT2D eigenvalue weighted by Gasteiger charge is -2.05. The number of hydrogen-bond acceptors (Lipinski definition) is 4. The van der Waals surface area contributed by atoms with Gasteiger partial charge in [-0.3, -0.25) is 4.79 Å². The summed E-state index contributed by atoms with van der Waals surface area (Å²) in [7, 11) is -3.24. The van der Waals surface area contributed by atoms with Crippen LogP contribution in [0.1, 0.15) is 15.2 Å². The lowest BCUT2D eigenvalue weighted by molar-refractivity contribution is 0.0954. The van der Waals surface area contributed by atoms with Crippen LogP contribution in [-0.2, 0) is 16.3 Å². The van der Waals surface area contributed by atoms with E-state index in [1.54, 1.807) is 0 Å². The van der Waals surface area contributed by atoms with Crippen molar-refractivity contribution < 1.29 is 13.2 Å². The van der Waals surface area contributed by atoms with Crippen molar-refractivity contribution in [1.29, 1.82) is 0 Å². The van der Waals surface area contributed by atoms with Crippen LogP contribution in [-0.4, -0.2) is 27.1 Å². The van der Waals surface area contributed by atoms with E-state index in [0.29, 0.717) is 18.5 Å². The molecular weight excluding hydrogens is 330 g/mol. The van der Waals surface area contributed by atoms with Gasteiger partial charge in [-0.2, -0.15) is 0 Å². The van der Waals surface area contributed by atoms with Gasteiger partial charge in [-0.05, 0) is 42.8 Å². The molecule has 1 aromatic heterocycles. The maximum absolute atomic E-state index is 11.9. The Hall–Kier alpha value is -1.37. The molecule has 2 aromatic rings. The molecule has 1 heterocycles. The highest BCUT2D eigenvalue weighted by atomic mass is 35.5. The zero-order valence-electron chi connectivity index (χ0n) is 11.3. The lowest BCUT2D eigenvalue weighted by atomic mass is 10.2. The minimum absolute atomic E-state index is 0.201. The molecule has 0 spiro atoms. The second-order valence-corrected chi connectivity index (χ2v) is 8.32. The number of carbonyl (C=O) groups is 1. The first kappa shape index (κ1) is 16.0. The molecular formula is C14H14ClNO3S2. The van der Waals surface area contributed by atoms with E-state index in [1.165, 1.54) is 35.6 Å². The summed E-state index contributed by atoms with van der Waals surface area (Å²) in [4.78, 5) is 13.2. The summed E-state index contributed by atoms with van der Waals surface area (Å²) in [6, 6.07) is 9.64. The van der Waals surface area contributed by atoms with Crippen LogP contribution in [0.3, 0.4) is 0 Å². The van der Waals surface area contributed by atoms with Crippen LogP contribution in [0, 0.1) is 0 Å². The van der Waals surface area contributed by atoms with Crippen molar-refractivity contribution in [2.75, 3.05) is 12.8 Å². The lowest BCUT2D eigenvalue weighted by Crippen LogP contribution is -2.25. The molecule has 21 heavy (non-hydrogen) atoms. The Labute approximate surface area is 132 Å². The quantitative estimate of drug-likeness (QED) is 0.908. The van der Waals surface area contributed by atoms with Crippen LogP contribution in [0.25, 0.3) is 0 Å². The van der Waals surface area contributed by atoms with Crippen molar-refractivity contribution in [2.45, 2.75) is 11.3 Å². The Bertz CT molecular complexity index is 736. The molecule has 4 nitrogen and oxygen atoms in total. The fraction of sp³-hybridized carbons (Fsp3) is 0.214. The predicted octanol–water partition coefficient (Wildman–Crippen LogP) is 2.78. The summed E-state index contributed by atoms with van der Waals surface area (Å²) in [5, 5.41) is 2.79. The average Bonchev–Trinajstić information content (AvgIpc) is 2.83. The Morgan fingerprint density at radius 3 is 2.38 bits per heavy atom. The molecule has 1 aromatic carbocycles. The van der Waals surface area contributed by atoms with Crippen molar-refractivity contribution >= 4 is 38.7 Å². The summed E-state index contributed by atoms with van der Waals surface area (Å²) < 4.78 is 23.4. The number of sulfone groups is 1. The van der Waals surface area contributed by atoms with Gasteiger partial charge in [-0.15, -0.1) is 11.3 Å². The van der Waals surface area contributed by atoms with Gasteiger partial charge in [0, 0.05) is 23.2 Å². The molecule has 0 saturated heterocycles. The fourth-order valence-electron chi connectivity index (χ4n) is 1.74.